The van der Waals surface area contributed by atoms with Crippen LogP contribution in [0.15, 0.2) is 27.4 Å². The molecule has 1 unspecified atom stereocenters. The first kappa shape index (κ1) is 21.3. The van der Waals surface area contributed by atoms with E-state index in [0.29, 0.717) is 35.8 Å². The van der Waals surface area contributed by atoms with Crippen LogP contribution < -0.4 is 15.7 Å². The molecular formula is C20H27ClN2O4. The zero-order chi connectivity index (χ0) is 18.7. The third-order valence-electron chi connectivity index (χ3n) is 5.27. The fourth-order valence-electron chi connectivity index (χ4n) is 3.62. The molecule has 0 spiro atoms. The van der Waals surface area contributed by atoms with Gasteiger partial charge >= 0.3 is 5.63 Å². The van der Waals surface area contributed by atoms with Gasteiger partial charge in [-0.25, -0.2) is 4.79 Å². The first-order valence-corrected chi connectivity index (χ1v) is 9.09. The van der Waals surface area contributed by atoms with Gasteiger partial charge in [-0.3, -0.25) is 4.79 Å². The molecule has 3 rings (SSSR count). The van der Waals surface area contributed by atoms with E-state index in [0.717, 1.165) is 36.9 Å². The summed E-state index contributed by atoms with van der Waals surface area (Å²) in [5, 5.41) is 4.12. The molecule has 2 aromatic rings. The molecule has 0 saturated carbocycles. The Hall–Kier alpha value is -2.05. The number of hydrogen-bond donors (Lipinski definition) is 1. The molecule has 0 radical (unpaired) electrons. The van der Waals surface area contributed by atoms with Crippen molar-refractivity contribution in [3.63, 3.8) is 0 Å². The van der Waals surface area contributed by atoms with Crippen molar-refractivity contribution >= 4 is 29.3 Å². The quantitative estimate of drug-likeness (QED) is 0.789. The maximum Gasteiger partial charge on any atom is 0.339 e. The summed E-state index contributed by atoms with van der Waals surface area (Å²) < 4.78 is 10.6. The van der Waals surface area contributed by atoms with E-state index in [-0.39, 0.29) is 23.9 Å². The van der Waals surface area contributed by atoms with Gasteiger partial charge in [-0.05, 0) is 50.9 Å². The SMILES string of the molecule is CNC1CCCN(C(=O)CCc2c(C)c3ccc(OC)cc3oc2=O)C1.Cl. The Kier molecular flexibility index (Phi) is 7.27. The number of likely N-dealkylation sites (N-methyl/N-ethyl adjacent to an activating group) is 1. The van der Waals surface area contributed by atoms with Crippen molar-refractivity contribution < 1.29 is 13.9 Å². The molecule has 27 heavy (non-hydrogen) atoms. The molecule has 0 bridgehead atoms. The van der Waals surface area contributed by atoms with Crippen molar-refractivity contribution in [1.82, 2.24) is 10.2 Å². The maximum atomic E-state index is 12.6. The Labute approximate surface area is 165 Å². The van der Waals surface area contributed by atoms with Gasteiger partial charge in [0.1, 0.15) is 11.3 Å². The van der Waals surface area contributed by atoms with Crippen LogP contribution in [-0.2, 0) is 11.2 Å². The normalized spacial score (nSPS) is 16.9. The van der Waals surface area contributed by atoms with Crippen molar-refractivity contribution in [1.29, 1.82) is 0 Å². The van der Waals surface area contributed by atoms with Crippen molar-refractivity contribution in [2.45, 2.75) is 38.6 Å². The minimum absolute atomic E-state index is 0. The number of piperidine rings is 1. The van der Waals surface area contributed by atoms with E-state index in [1.165, 1.54) is 0 Å². The second-order valence-corrected chi connectivity index (χ2v) is 6.82. The van der Waals surface area contributed by atoms with E-state index in [2.05, 4.69) is 5.32 Å². The van der Waals surface area contributed by atoms with Crippen LogP contribution in [0.3, 0.4) is 0 Å². The van der Waals surface area contributed by atoms with Crippen LogP contribution in [0, 0.1) is 6.92 Å². The molecule has 1 N–H and O–H groups in total. The highest BCUT2D eigenvalue weighted by Crippen LogP contribution is 2.24. The number of amides is 1. The van der Waals surface area contributed by atoms with E-state index in [4.69, 9.17) is 9.15 Å². The smallest absolute Gasteiger partial charge is 0.339 e. The highest BCUT2D eigenvalue weighted by Gasteiger charge is 2.23. The summed E-state index contributed by atoms with van der Waals surface area (Å²) in [6.45, 7) is 3.44. The fourth-order valence-corrected chi connectivity index (χ4v) is 3.62. The van der Waals surface area contributed by atoms with Gasteiger partial charge < -0.3 is 19.4 Å². The third kappa shape index (κ3) is 4.62. The zero-order valence-corrected chi connectivity index (χ0v) is 16.9. The lowest BCUT2D eigenvalue weighted by atomic mass is 10.0. The molecule has 6 nitrogen and oxygen atoms in total. The lowest BCUT2D eigenvalue weighted by Gasteiger charge is -2.32. The number of aryl methyl sites for hydroxylation is 1. The first-order chi connectivity index (χ1) is 12.5. The Morgan fingerprint density at radius 1 is 1.41 bits per heavy atom. The topological polar surface area (TPSA) is 71.8 Å². The summed E-state index contributed by atoms with van der Waals surface area (Å²) >= 11 is 0. The van der Waals surface area contributed by atoms with E-state index in [1.807, 2.05) is 31.0 Å². The van der Waals surface area contributed by atoms with Gasteiger partial charge in [-0.1, -0.05) is 0 Å². The number of likely N-dealkylation sites (tertiary alicyclic amines) is 1. The van der Waals surface area contributed by atoms with Gasteiger partial charge in [-0.2, -0.15) is 0 Å². The van der Waals surface area contributed by atoms with Gasteiger partial charge in [0.25, 0.3) is 0 Å². The standard InChI is InChI=1S/C20H26N2O4.ClH/c1-13-16-7-6-15(25-3)11-18(16)26-20(24)17(13)8-9-19(23)22-10-4-5-14(12-22)21-2;/h6-7,11,14,21H,4-5,8-10,12H2,1-3H3;1H. The molecule has 2 heterocycles. The van der Waals surface area contributed by atoms with Crippen LogP contribution in [0.2, 0.25) is 0 Å². The van der Waals surface area contributed by atoms with Crippen LogP contribution in [0.25, 0.3) is 11.0 Å². The summed E-state index contributed by atoms with van der Waals surface area (Å²) in [5.41, 5.74) is 1.59. The number of fused-ring (bicyclic) bond motifs is 1. The Bertz CT molecular complexity index is 865. The Morgan fingerprint density at radius 2 is 2.19 bits per heavy atom. The molecule has 7 heteroatoms. The average Bonchev–Trinajstić information content (AvgIpc) is 2.67. The van der Waals surface area contributed by atoms with Crippen LogP contribution in [0.1, 0.15) is 30.4 Å². The van der Waals surface area contributed by atoms with Crippen molar-refractivity contribution in [2.24, 2.45) is 0 Å². The number of carbonyl (C=O) groups excluding carboxylic acids is 1. The van der Waals surface area contributed by atoms with Crippen molar-refractivity contribution in [3.8, 4) is 5.75 Å². The minimum Gasteiger partial charge on any atom is -0.497 e. The lowest BCUT2D eigenvalue weighted by molar-refractivity contribution is -0.132. The van der Waals surface area contributed by atoms with Gasteiger partial charge in [0.05, 0.1) is 7.11 Å². The maximum absolute atomic E-state index is 12.6. The molecule has 1 aromatic heterocycles. The van der Waals surface area contributed by atoms with Crippen LogP contribution >= 0.6 is 12.4 Å². The molecule has 1 atom stereocenters. The van der Waals surface area contributed by atoms with Gasteiger partial charge in [0.2, 0.25) is 5.91 Å². The summed E-state index contributed by atoms with van der Waals surface area (Å²) in [6, 6.07) is 5.80. The number of hydrogen-bond acceptors (Lipinski definition) is 5. The number of rotatable bonds is 5. The molecule has 148 valence electrons. The largest absolute Gasteiger partial charge is 0.497 e. The Morgan fingerprint density at radius 3 is 2.89 bits per heavy atom. The molecular weight excluding hydrogens is 368 g/mol. The lowest BCUT2D eigenvalue weighted by Crippen LogP contribution is -2.47. The van der Waals surface area contributed by atoms with Crippen LogP contribution in [0.5, 0.6) is 5.75 Å². The minimum atomic E-state index is -0.372. The van der Waals surface area contributed by atoms with E-state index >= 15 is 0 Å². The summed E-state index contributed by atoms with van der Waals surface area (Å²) in [5.74, 6) is 0.741. The highest BCUT2D eigenvalue weighted by atomic mass is 35.5. The van der Waals surface area contributed by atoms with Crippen molar-refractivity contribution in [3.05, 3.63) is 39.7 Å². The van der Waals surface area contributed by atoms with Crippen molar-refractivity contribution in [2.75, 3.05) is 27.2 Å². The third-order valence-corrected chi connectivity index (χ3v) is 5.27. The first-order valence-electron chi connectivity index (χ1n) is 9.09. The number of methoxy groups -OCH3 is 1. The number of carbonyl (C=O) groups is 1. The monoisotopic (exact) mass is 394 g/mol. The average molecular weight is 395 g/mol. The molecule has 1 fully saturated rings. The molecule has 1 aliphatic heterocycles. The summed E-state index contributed by atoms with van der Waals surface area (Å²) in [7, 11) is 3.50. The fraction of sp³-hybridized carbons (Fsp3) is 0.500. The second-order valence-electron chi connectivity index (χ2n) is 6.82. The number of nitrogens with one attached hydrogen (secondary N) is 1. The van der Waals surface area contributed by atoms with E-state index in [1.54, 1.807) is 13.2 Å². The predicted octanol–water partition coefficient (Wildman–Crippen LogP) is 2.67. The van der Waals surface area contributed by atoms with E-state index in [9.17, 15) is 9.59 Å². The number of ether oxygens (including phenoxy) is 1. The molecule has 1 saturated heterocycles. The molecule has 1 aromatic carbocycles. The van der Waals surface area contributed by atoms with Gasteiger partial charge in [0, 0.05) is 42.6 Å². The molecule has 1 amide bonds. The summed E-state index contributed by atoms with van der Waals surface area (Å²) in [6.07, 6.45) is 2.83. The molecule has 1 aliphatic rings. The van der Waals surface area contributed by atoms with Gasteiger partial charge in [-0.15, -0.1) is 12.4 Å². The van der Waals surface area contributed by atoms with Crippen LogP contribution in [0.4, 0.5) is 0 Å². The second kappa shape index (κ2) is 9.24. The Balaban J connectivity index is 0.00000261. The van der Waals surface area contributed by atoms with Gasteiger partial charge in [0.15, 0.2) is 0 Å². The number of benzene rings is 1. The zero-order valence-electron chi connectivity index (χ0n) is 16.0. The predicted molar refractivity (Wildman–Crippen MR) is 108 cm³/mol. The number of nitrogens with zero attached hydrogens (tertiary/aromatic N) is 1. The van der Waals surface area contributed by atoms with E-state index < -0.39 is 0 Å². The molecule has 0 aliphatic carbocycles. The summed E-state index contributed by atoms with van der Waals surface area (Å²) in [4.78, 5) is 26.8. The van der Waals surface area contributed by atoms with Crippen LogP contribution in [-0.4, -0.2) is 44.1 Å². The highest BCUT2D eigenvalue weighted by molar-refractivity contribution is 5.85. The number of halogens is 1.